The molecule has 170 valence electrons. The molecule has 2 fully saturated rings. The lowest BCUT2D eigenvalue weighted by molar-refractivity contribution is -0.118. The van der Waals surface area contributed by atoms with E-state index in [1.807, 2.05) is 19.9 Å². The van der Waals surface area contributed by atoms with Gasteiger partial charge in [0.15, 0.2) is 14.6 Å². The summed E-state index contributed by atoms with van der Waals surface area (Å²) in [7, 11) is -3.91. The Labute approximate surface area is 189 Å². The van der Waals surface area contributed by atoms with Crippen molar-refractivity contribution in [1.82, 2.24) is 5.32 Å². The molecule has 32 heavy (non-hydrogen) atoms. The molecule has 2 aliphatic rings. The maximum atomic E-state index is 13.8. The van der Waals surface area contributed by atoms with Gasteiger partial charge in [0, 0.05) is 17.3 Å². The summed E-state index contributed by atoms with van der Waals surface area (Å²) in [4.78, 5) is 26.3. The Morgan fingerprint density at radius 2 is 1.59 bits per heavy atom. The molecule has 0 spiro atoms. The van der Waals surface area contributed by atoms with Gasteiger partial charge in [-0.2, -0.15) is 0 Å². The second kappa shape index (κ2) is 8.35. The molecule has 0 aliphatic heterocycles. The summed E-state index contributed by atoms with van der Waals surface area (Å²) in [5, 5.41) is 5.81. The Morgan fingerprint density at radius 1 is 0.938 bits per heavy atom. The number of nitrogens with one attached hydrogen (secondary N) is 2. The van der Waals surface area contributed by atoms with Gasteiger partial charge in [0.25, 0.3) is 5.91 Å². The monoisotopic (exact) mass is 454 g/mol. The van der Waals surface area contributed by atoms with E-state index in [0.29, 0.717) is 29.7 Å². The molecule has 2 aliphatic carbocycles. The van der Waals surface area contributed by atoms with Crippen LogP contribution in [0.1, 0.15) is 65.6 Å². The maximum absolute atomic E-state index is 13.8. The predicted molar refractivity (Wildman–Crippen MR) is 125 cm³/mol. The molecule has 2 aromatic rings. The molecular formula is C25H30N2O4S. The van der Waals surface area contributed by atoms with Crippen molar-refractivity contribution in [3.63, 3.8) is 0 Å². The number of rotatable bonds is 6. The molecule has 0 radical (unpaired) electrons. The third-order valence-corrected chi connectivity index (χ3v) is 9.27. The van der Waals surface area contributed by atoms with Gasteiger partial charge in [-0.1, -0.05) is 31.0 Å². The van der Waals surface area contributed by atoms with Gasteiger partial charge < -0.3 is 10.6 Å². The predicted octanol–water partition coefficient (Wildman–Crippen LogP) is 4.23. The average molecular weight is 455 g/mol. The zero-order valence-corrected chi connectivity index (χ0v) is 19.6. The highest BCUT2D eigenvalue weighted by molar-refractivity contribution is 7.93. The first kappa shape index (κ1) is 22.5. The number of hydrogen-bond donors (Lipinski definition) is 2. The van der Waals surface area contributed by atoms with E-state index >= 15 is 0 Å². The Hall–Kier alpha value is -2.67. The van der Waals surface area contributed by atoms with Gasteiger partial charge in [-0.05, 0) is 81.3 Å². The topological polar surface area (TPSA) is 92.3 Å². The smallest absolute Gasteiger partial charge is 0.251 e. The van der Waals surface area contributed by atoms with Crippen LogP contribution in [-0.2, 0) is 14.6 Å². The van der Waals surface area contributed by atoms with Crippen molar-refractivity contribution in [3.8, 4) is 0 Å². The van der Waals surface area contributed by atoms with Gasteiger partial charge in [-0.3, -0.25) is 9.59 Å². The standard InChI is InChI=1S/C25H30N2O4S/c1-16-6-7-18(3)22(14-16)32(30,31)25(12-4-5-13-25)24(29)27-21-15-19(9-8-17(21)2)23(28)26-20-10-11-20/h6-9,14-15,20H,4-5,10-13H2,1-3H3,(H,26,28)(H,27,29). The van der Waals surface area contributed by atoms with Crippen molar-refractivity contribution in [1.29, 1.82) is 0 Å². The van der Waals surface area contributed by atoms with Crippen LogP contribution in [-0.4, -0.2) is 31.0 Å². The first-order chi connectivity index (χ1) is 15.1. The van der Waals surface area contributed by atoms with Crippen LogP contribution < -0.4 is 10.6 Å². The van der Waals surface area contributed by atoms with Crippen molar-refractivity contribution in [2.75, 3.05) is 5.32 Å². The normalized spacial score (nSPS) is 17.7. The van der Waals surface area contributed by atoms with Crippen LogP contribution in [0.15, 0.2) is 41.3 Å². The molecule has 0 atom stereocenters. The molecule has 0 heterocycles. The lowest BCUT2D eigenvalue weighted by Gasteiger charge is -2.29. The number of hydrogen-bond acceptors (Lipinski definition) is 4. The van der Waals surface area contributed by atoms with Gasteiger partial charge in [0.2, 0.25) is 5.91 Å². The van der Waals surface area contributed by atoms with E-state index < -0.39 is 20.5 Å². The number of carbonyl (C=O) groups excluding carboxylic acids is 2. The fraction of sp³-hybridized carbons (Fsp3) is 0.440. The lowest BCUT2D eigenvalue weighted by atomic mass is 10.0. The van der Waals surface area contributed by atoms with Crippen LogP contribution in [0.2, 0.25) is 0 Å². The zero-order valence-electron chi connectivity index (χ0n) is 18.8. The third kappa shape index (κ3) is 4.06. The van der Waals surface area contributed by atoms with Crippen LogP contribution in [0.25, 0.3) is 0 Å². The molecule has 2 N–H and O–H groups in total. The highest BCUT2D eigenvalue weighted by Crippen LogP contribution is 2.42. The minimum atomic E-state index is -3.91. The Balaban J connectivity index is 1.67. The average Bonchev–Trinajstić information content (AvgIpc) is 3.41. The van der Waals surface area contributed by atoms with Crippen LogP contribution in [0.4, 0.5) is 5.69 Å². The quantitative estimate of drug-likeness (QED) is 0.683. The number of aryl methyl sites for hydroxylation is 3. The van der Waals surface area contributed by atoms with Gasteiger partial charge in [-0.15, -0.1) is 0 Å². The number of carbonyl (C=O) groups is 2. The van der Waals surface area contributed by atoms with Crippen molar-refractivity contribution in [3.05, 3.63) is 58.7 Å². The largest absolute Gasteiger partial charge is 0.349 e. The molecule has 0 aromatic heterocycles. The second-order valence-electron chi connectivity index (χ2n) is 9.21. The molecule has 2 aromatic carbocycles. The van der Waals surface area contributed by atoms with Crippen LogP contribution in [0.3, 0.4) is 0 Å². The Bertz CT molecular complexity index is 1180. The minimum absolute atomic E-state index is 0.179. The summed E-state index contributed by atoms with van der Waals surface area (Å²) < 4.78 is 26.1. The summed E-state index contributed by atoms with van der Waals surface area (Å²) in [5.41, 5.74) is 3.19. The molecule has 2 saturated carbocycles. The fourth-order valence-electron chi connectivity index (χ4n) is 4.40. The number of anilines is 1. The van der Waals surface area contributed by atoms with Gasteiger partial charge in [0.1, 0.15) is 0 Å². The second-order valence-corrected chi connectivity index (χ2v) is 11.4. The first-order valence-electron chi connectivity index (χ1n) is 11.2. The van der Waals surface area contributed by atoms with E-state index in [9.17, 15) is 18.0 Å². The minimum Gasteiger partial charge on any atom is -0.349 e. The summed E-state index contributed by atoms with van der Waals surface area (Å²) >= 11 is 0. The van der Waals surface area contributed by atoms with E-state index in [0.717, 1.165) is 24.0 Å². The summed E-state index contributed by atoms with van der Waals surface area (Å²) in [6.07, 6.45) is 3.91. The van der Waals surface area contributed by atoms with E-state index in [1.54, 1.807) is 37.3 Å². The van der Waals surface area contributed by atoms with Gasteiger partial charge >= 0.3 is 0 Å². The van der Waals surface area contributed by atoms with Gasteiger partial charge in [-0.25, -0.2) is 8.42 Å². The first-order valence-corrected chi connectivity index (χ1v) is 12.7. The third-order valence-electron chi connectivity index (χ3n) is 6.63. The number of amides is 2. The summed E-state index contributed by atoms with van der Waals surface area (Å²) in [6.45, 7) is 5.44. The maximum Gasteiger partial charge on any atom is 0.251 e. The van der Waals surface area contributed by atoms with Crippen LogP contribution in [0, 0.1) is 20.8 Å². The molecule has 7 heteroatoms. The summed E-state index contributed by atoms with van der Waals surface area (Å²) in [5.74, 6) is -0.694. The molecule has 0 bridgehead atoms. The van der Waals surface area contributed by atoms with E-state index in [1.165, 1.54) is 0 Å². The molecule has 6 nitrogen and oxygen atoms in total. The highest BCUT2D eigenvalue weighted by atomic mass is 32.2. The van der Waals surface area contributed by atoms with Crippen molar-refractivity contribution in [2.45, 2.75) is 75.0 Å². The van der Waals surface area contributed by atoms with Crippen LogP contribution in [0.5, 0.6) is 0 Å². The highest BCUT2D eigenvalue weighted by Gasteiger charge is 2.53. The van der Waals surface area contributed by atoms with Crippen molar-refractivity contribution in [2.24, 2.45) is 0 Å². The Kier molecular flexibility index (Phi) is 5.88. The molecule has 0 saturated heterocycles. The van der Waals surface area contributed by atoms with E-state index in [2.05, 4.69) is 10.6 Å². The summed E-state index contributed by atoms with van der Waals surface area (Å²) in [6, 6.07) is 10.7. The van der Waals surface area contributed by atoms with Crippen molar-refractivity contribution < 1.29 is 18.0 Å². The van der Waals surface area contributed by atoms with E-state index in [4.69, 9.17) is 0 Å². The molecule has 4 rings (SSSR count). The lowest BCUT2D eigenvalue weighted by Crippen LogP contribution is -2.47. The Morgan fingerprint density at radius 3 is 2.25 bits per heavy atom. The van der Waals surface area contributed by atoms with Crippen molar-refractivity contribution >= 4 is 27.3 Å². The van der Waals surface area contributed by atoms with E-state index in [-0.39, 0.29) is 29.7 Å². The van der Waals surface area contributed by atoms with Gasteiger partial charge in [0.05, 0.1) is 4.90 Å². The number of benzene rings is 2. The van der Waals surface area contributed by atoms with Crippen LogP contribution >= 0.6 is 0 Å². The fourth-order valence-corrected chi connectivity index (χ4v) is 6.78. The molecular weight excluding hydrogens is 424 g/mol. The number of sulfone groups is 1. The molecule has 2 amide bonds. The zero-order chi connectivity index (χ0) is 23.1. The molecule has 0 unspecified atom stereocenters. The SMILES string of the molecule is Cc1ccc(C)c(S(=O)(=O)C2(C(=O)Nc3cc(C(=O)NC4CC4)ccc3C)CCCC2)c1.